The van der Waals surface area contributed by atoms with Crippen molar-refractivity contribution in [3.05, 3.63) is 59.2 Å². The zero-order chi connectivity index (χ0) is 21.3. The van der Waals surface area contributed by atoms with Crippen LogP contribution in [0.5, 0.6) is 0 Å². The minimum atomic E-state index is -4.68. The number of carboxylic acids is 1. The van der Waals surface area contributed by atoms with E-state index in [0.717, 1.165) is 17.7 Å². The molecule has 0 spiro atoms. The van der Waals surface area contributed by atoms with Gasteiger partial charge < -0.3 is 21.9 Å². The standard InChI is InChI=1S/C19H17F3N4O3/c20-19(21,22)11-5-10(6-13(7-11)26-18(23)24)16(27)25-12-3-1-9(2-4-12)14-8-15(14)17(28)29/h1-7,14-15H,8H2,(H,25,27)(H,28,29)(H4,23,24,26). The number of aliphatic carboxylic acids is 1. The van der Waals surface area contributed by atoms with Gasteiger partial charge in [-0.15, -0.1) is 0 Å². The fourth-order valence-electron chi connectivity index (χ4n) is 2.97. The number of hydrogen-bond acceptors (Lipinski definition) is 3. The summed E-state index contributed by atoms with van der Waals surface area (Å²) in [5.41, 5.74) is 10.1. The van der Waals surface area contributed by atoms with Crippen molar-refractivity contribution in [1.82, 2.24) is 0 Å². The monoisotopic (exact) mass is 406 g/mol. The van der Waals surface area contributed by atoms with Crippen LogP contribution in [0.25, 0.3) is 0 Å². The van der Waals surface area contributed by atoms with Crippen LogP contribution in [0.4, 0.5) is 24.5 Å². The van der Waals surface area contributed by atoms with E-state index < -0.39 is 35.5 Å². The number of alkyl halides is 3. The van der Waals surface area contributed by atoms with E-state index >= 15 is 0 Å². The van der Waals surface area contributed by atoms with Gasteiger partial charge in [0, 0.05) is 11.3 Å². The molecule has 1 amide bonds. The van der Waals surface area contributed by atoms with Crippen LogP contribution in [0.2, 0.25) is 0 Å². The van der Waals surface area contributed by atoms with Crippen LogP contribution < -0.4 is 16.8 Å². The molecule has 1 aliphatic rings. The van der Waals surface area contributed by atoms with Crippen LogP contribution in [-0.2, 0) is 11.0 Å². The van der Waals surface area contributed by atoms with Crippen LogP contribution in [0.3, 0.4) is 0 Å². The van der Waals surface area contributed by atoms with Gasteiger partial charge in [0.2, 0.25) is 0 Å². The predicted molar refractivity (Wildman–Crippen MR) is 99.8 cm³/mol. The maximum atomic E-state index is 13.1. The van der Waals surface area contributed by atoms with Gasteiger partial charge in [-0.05, 0) is 48.2 Å². The lowest BCUT2D eigenvalue weighted by atomic mass is 10.1. The highest BCUT2D eigenvalue weighted by Crippen LogP contribution is 2.47. The van der Waals surface area contributed by atoms with E-state index in [1.54, 1.807) is 24.3 Å². The summed E-state index contributed by atoms with van der Waals surface area (Å²) in [5.74, 6) is -2.54. The maximum absolute atomic E-state index is 13.1. The fourth-order valence-corrected chi connectivity index (χ4v) is 2.97. The smallest absolute Gasteiger partial charge is 0.416 e. The summed E-state index contributed by atoms with van der Waals surface area (Å²) in [6, 6.07) is 9.07. The van der Waals surface area contributed by atoms with Crippen LogP contribution in [0.15, 0.2) is 47.5 Å². The Morgan fingerprint density at radius 3 is 2.28 bits per heavy atom. The molecule has 0 aromatic heterocycles. The van der Waals surface area contributed by atoms with Crippen LogP contribution in [0.1, 0.15) is 33.8 Å². The summed E-state index contributed by atoms with van der Waals surface area (Å²) >= 11 is 0. The van der Waals surface area contributed by atoms with Crippen molar-refractivity contribution in [2.24, 2.45) is 22.4 Å². The van der Waals surface area contributed by atoms with Gasteiger partial charge in [-0.2, -0.15) is 13.2 Å². The van der Waals surface area contributed by atoms with Crippen molar-refractivity contribution >= 4 is 29.2 Å². The lowest BCUT2D eigenvalue weighted by Crippen LogP contribution is -2.22. The number of nitrogens with one attached hydrogen (secondary N) is 1. The summed E-state index contributed by atoms with van der Waals surface area (Å²) in [6.45, 7) is 0. The molecule has 1 fully saturated rings. The molecule has 10 heteroatoms. The second-order valence-electron chi connectivity index (χ2n) is 6.67. The Bertz CT molecular complexity index is 983. The van der Waals surface area contributed by atoms with Crippen molar-refractivity contribution in [2.45, 2.75) is 18.5 Å². The Balaban J connectivity index is 1.79. The largest absolute Gasteiger partial charge is 0.481 e. The topological polar surface area (TPSA) is 131 Å². The number of guanidine groups is 1. The second-order valence-corrected chi connectivity index (χ2v) is 6.67. The highest BCUT2D eigenvalue weighted by molar-refractivity contribution is 6.05. The van der Waals surface area contributed by atoms with Crippen LogP contribution >= 0.6 is 0 Å². The molecule has 6 N–H and O–H groups in total. The molecule has 1 aliphatic carbocycles. The van der Waals surface area contributed by atoms with Crippen molar-refractivity contribution in [3.63, 3.8) is 0 Å². The number of carbonyl (C=O) groups excluding carboxylic acids is 1. The summed E-state index contributed by atoms with van der Waals surface area (Å²) in [6.07, 6.45) is -4.13. The number of benzene rings is 2. The number of aliphatic imine (C=N–C) groups is 1. The first-order valence-electron chi connectivity index (χ1n) is 8.50. The molecule has 3 rings (SSSR count). The molecular formula is C19H17F3N4O3. The molecule has 7 nitrogen and oxygen atoms in total. The van der Waals surface area contributed by atoms with Crippen LogP contribution in [0, 0.1) is 5.92 Å². The average Bonchev–Trinajstić information content (AvgIpc) is 3.42. The molecule has 29 heavy (non-hydrogen) atoms. The predicted octanol–water partition coefficient (Wildman–Crippen LogP) is 3.05. The number of rotatable bonds is 5. The molecule has 0 radical (unpaired) electrons. The van der Waals surface area contributed by atoms with E-state index in [-0.39, 0.29) is 17.2 Å². The normalized spacial score (nSPS) is 18.0. The average molecular weight is 406 g/mol. The number of amides is 1. The molecule has 0 heterocycles. The Labute approximate surface area is 163 Å². The molecule has 0 aliphatic heterocycles. The number of nitrogens with two attached hydrogens (primary N) is 2. The number of carboxylic acid groups (broad SMARTS) is 1. The van der Waals surface area contributed by atoms with Gasteiger partial charge in [-0.1, -0.05) is 12.1 Å². The zero-order valence-corrected chi connectivity index (χ0v) is 14.9. The van der Waals surface area contributed by atoms with Gasteiger partial charge in [0.1, 0.15) is 0 Å². The first-order chi connectivity index (χ1) is 13.5. The third-order valence-electron chi connectivity index (χ3n) is 4.47. The highest BCUT2D eigenvalue weighted by Gasteiger charge is 2.44. The molecule has 2 unspecified atom stereocenters. The van der Waals surface area contributed by atoms with Crippen molar-refractivity contribution in [1.29, 1.82) is 0 Å². The number of hydrogen-bond donors (Lipinski definition) is 4. The van der Waals surface area contributed by atoms with Gasteiger partial charge >= 0.3 is 12.1 Å². The van der Waals surface area contributed by atoms with Gasteiger partial charge in [0.25, 0.3) is 5.91 Å². The summed E-state index contributed by atoms with van der Waals surface area (Å²) in [4.78, 5) is 27.0. The van der Waals surface area contributed by atoms with E-state index in [9.17, 15) is 22.8 Å². The fraction of sp³-hybridized carbons (Fsp3) is 0.211. The summed E-state index contributed by atoms with van der Waals surface area (Å²) < 4.78 is 39.3. The molecule has 152 valence electrons. The molecule has 2 aromatic carbocycles. The Kier molecular flexibility index (Phi) is 5.19. The van der Waals surface area contributed by atoms with E-state index in [2.05, 4.69) is 10.3 Å². The molecule has 1 saturated carbocycles. The Morgan fingerprint density at radius 2 is 1.76 bits per heavy atom. The Morgan fingerprint density at radius 1 is 1.10 bits per heavy atom. The SMILES string of the molecule is NC(N)=Nc1cc(C(=O)Nc2ccc(C3CC3C(=O)O)cc2)cc(C(F)(F)F)c1. The lowest BCUT2D eigenvalue weighted by molar-refractivity contribution is -0.139. The number of carbonyl (C=O) groups is 2. The van der Waals surface area contributed by atoms with Gasteiger partial charge in [-0.25, -0.2) is 4.99 Å². The molecular weight excluding hydrogens is 389 g/mol. The zero-order valence-electron chi connectivity index (χ0n) is 14.9. The van der Waals surface area contributed by atoms with E-state index in [0.29, 0.717) is 18.2 Å². The number of nitrogens with zero attached hydrogens (tertiary/aromatic N) is 1. The maximum Gasteiger partial charge on any atom is 0.416 e. The summed E-state index contributed by atoms with van der Waals surface area (Å²) in [5, 5.41) is 11.5. The van der Waals surface area contributed by atoms with Gasteiger partial charge in [-0.3, -0.25) is 9.59 Å². The van der Waals surface area contributed by atoms with Crippen molar-refractivity contribution < 1.29 is 27.9 Å². The molecule has 2 atom stereocenters. The first-order valence-corrected chi connectivity index (χ1v) is 8.50. The second kappa shape index (κ2) is 7.46. The number of anilines is 1. The molecule has 0 bridgehead atoms. The van der Waals surface area contributed by atoms with Crippen molar-refractivity contribution in [2.75, 3.05) is 5.32 Å². The van der Waals surface area contributed by atoms with Crippen LogP contribution in [-0.4, -0.2) is 22.9 Å². The summed E-state index contributed by atoms with van der Waals surface area (Å²) in [7, 11) is 0. The number of halogens is 3. The first kappa shape index (κ1) is 20.2. The van der Waals surface area contributed by atoms with E-state index in [1.165, 1.54) is 0 Å². The Hall–Kier alpha value is -3.56. The molecule has 0 saturated heterocycles. The van der Waals surface area contributed by atoms with Crippen molar-refractivity contribution in [3.8, 4) is 0 Å². The minimum Gasteiger partial charge on any atom is -0.481 e. The lowest BCUT2D eigenvalue weighted by Gasteiger charge is -2.11. The van der Waals surface area contributed by atoms with Gasteiger partial charge in [0.05, 0.1) is 17.2 Å². The van der Waals surface area contributed by atoms with E-state index in [1.807, 2.05) is 0 Å². The molecule has 2 aromatic rings. The quantitative estimate of drug-likeness (QED) is 0.448. The minimum absolute atomic E-state index is 0.0668. The van der Waals surface area contributed by atoms with Gasteiger partial charge in [0.15, 0.2) is 5.96 Å². The highest BCUT2D eigenvalue weighted by atomic mass is 19.4. The van der Waals surface area contributed by atoms with E-state index in [4.69, 9.17) is 16.6 Å². The third-order valence-corrected chi connectivity index (χ3v) is 4.47. The third kappa shape index (κ3) is 4.84.